The second kappa shape index (κ2) is 3.91. The van der Waals surface area contributed by atoms with Crippen LogP contribution in [-0.4, -0.2) is 6.29 Å². The molecule has 0 fully saturated rings. The van der Waals surface area contributed by atoms with Crippen molar-refractivity contribution in [1.29, 1.82) is 0 Å². The lowest BCUT2D eigenvalue weighted by Crippen LogP contribution is -2.08. The van der Waals surface area contributed by atoms with Gasteiger partial charge in [0.25, 0.3) is 0 Å². The van der Waals surface area contributed by atoms with Crippen LogP contribution in [0.15, 0.2) is 10.6 Å². The van der Waals surface area contributed by atoms with Gasteiger partial charge in [-0.2, -0.15) is 0 Å². The molecule has 1 unspecified atom stereocenters. The van der Waals surface area contributed by atoms with Crippen LogP contribution in [-0.2, 0) is 4.79 Å². The highest BCUT2D eigenvalue weighted by Crippen LogP contribution is 2.31. The molecule has 0 saturated carbocycles. The van der Waals surface area contributed by atoms with Gasteiger partial charge in [0, 0.05) is 10.6 Å². The van der Waals surface area contributed by atoms with E-state index in [0.717, 1.165) is 42.6 Å². The third-order valence-corrected chi connectivity index (χ3v) is 2.78. The zero-order valence-corrected chi connectivity index (χ0v) is 7.53. The molecule has 0 spiro atoms. The minimum absolute atomic E-state index is 0.678. The standard InChI is InChI=1S/C9H13ClO/c1-2-7-3-4-9(10)8(5-7)6-11/h6-7H,2-5H2,1H3. The number of hydrogen-bond acceptors (Lipinski definition) is 1. The molecule has 0 aromatic heterocycles. The SMILES string of the molecule is CCC1CCC(Cl)=C(C=O)C1. The molecule has 62 valence electrons. The number of hydrogen-bond donors (Lipinski definition) is 0. The number of carbonyl (C=O) groups excluding carboxylic acids is 1. The van der Waals surface area contributed by atoms with E-state index >= 15 is 0 Å². The summed E-state index contributed by atoms with van der Waals surface area (Å²) in [4.78, 5) is 10.5. The predicted molar refractivity (Wildman–Crippen MR) is 46.6 cm³/mol. The fourth-order valence-electron chi connectivity index (χ4n) is 1.48. The first-order valence-corrected chi connectivity index (χ1v) is 4.48. The summed E-state index contributed by atoms with van der Waals surface area (Å²) >= 11 is 5.85. The molecule has 0 aromatic rings. The molecule has 0 N–H and O–H groups in total. The van der Waals surface area contributed by atoms with Crippen molar-refractivity contribution in [3.8, 4) is 0 Å². The molecule has 2 heteroatoms. The van der Waals surface area contributed by atoms with Crippen LogP contribution in [0.3, 0.4) is 0 Å². The second-order valence-electron chi connectivity index (χ2n) is 3.07. The van der Waals surface area contributed by atoms with E-state index in [-0.39, 0.29) is 0 Å². The Labute approximate surface area is 72.4 Å². The van der Waals surface area contributed by atoms with Gasteiger partial charge in [-0.15, -0.1) is 0 Å². The topological polar surface area (TPSA) is 17.1 Å². The first-order chi connectivity index (χ1) is 5.27. The van der Waals surface area contributed by atoms with Crippen molar-refractivity contribution in [1.82, 2.24) is 0 Å². The lowest BCUT2D eigenvalue weighted by Gasteiger charge is -2.20. The van der Waals surface area contributed by atoms with Crippen LogP contribution < -0.4 is 0 Å². The molecule has 0 saturated heterocycles. The number of aldehydes is 1. The fourth-order valence-corrected chi connectivity index (χ4v) is 1.71. The van der Waals surface area contributed by atoms with Crippen molar-refractivity contribution in [3.05, 3.63) is 10.6 Å². The highest BCUT2D eigenvalue weighted by Gasteiger charge is 2.17. The van der Waals surface area contributed by atoms with Crippen molar-refractivity contribution in [3.63, 3.8) is 0 Å². The van der Waals surface area contributed by atoms with Crippen LogP contribution in [0.4, 0.5) is 0 Å². The molecule has 1 rings (SSSR count). The number of carbonyl (C=O) groups is 1. The van der Waals surface area contributed by atoms with Gasteiger partial charge >= 0.3 is 0 Å². The summed E-state index contributed by atoms with van der Waals surface area (Å²) in [6.45, 7) is 2.16. The summed E-state index contributed by atoms with van der Waals surface area (Å²) in [5.41, 5.74) is 0.824. The molecule has 1 aliphatic rings. The maximum Gasteiger partial charge on any atom is 0.147 e. The van der Waals surface area contributed by atoms with Crippen molar-refractivity contribution in [2.45, 2.75) is 32.6 Å². The van der Waals surface area contributed by atoms with E-state index in [4.69, 9.17) is 11.6 Å². The number of allylic oxidation sites excluding steroid dienone is 2. The maximum absolute atomic E-state index is 10.5. The van der Waals surface area contributed by atoms with E-state index in [9.17, 15) is 4.79 Å². The van der Waals surface area contributed by atoms with Crippen LogP contribution in [0.1, 0.15) is 32.6 Å². The smallest absolute Gasteiger partial charge is 0.147 e. The molecule has 0 radical (unpaired) electrons. The van der Waals surface area contributed by atoms with Crippen LogP contribution in [0.25, 0.3) is 0 Å². The van der Waals surface area contributed by atoms with Gasteiger partial charge < -0.3 is 0 Å². The lowest BCUT2D eigenvalue weighted by molar-refractivity contribution is -0.105. The first kappa shape index (κ1) is 8.79. The second-order valence-corrected chi connectivity index (χ2v) is 3.52. The Kier molecular flexibility index (Phi) is 3.13. The first-order valence-electron chi connectivity index (χ1n) is 4.10. The summed E-state index contributed by atoms with van der Waals surface area (Å²) < 4.78 is 0. The molecule has 1 nitrogen and oxygen atoms in total. The molecule has 0 aromatic carbocycles. The van der Waals surface area contributed by atoms with Gasteiger partial charge in [0.1, 0.15) is 6.29 Å². The number of halogens is 1. The molecular weight excluding hydrogens is 160 g/mol. The Balaban J connectivity index is 2.65. The maximum atomic E-state index is 10.5. The Morgan fingerprint density at radius 1 is 1.73 bits per heavy atom. The lowest BCUT2D eigenvalue weighted by atomic mass is 9.87. The molecule has 0 amide bonds. The summed E-state index contributed by atoms with van der Waals surface area (Å²) in [7, 11) is 0. The summed E-state index contributed by atoms with van der Waals surface area (Å²) in [5.74, 6) is 0.678. The summed E-state index contributed by atoms with van der Waals surface area (Å²) in [6.07, 6.45) is 4.99. The van der Waals surface area contributed by atoms with Gasteiger partial charge in [-0.1, -0.05) is 24.9 Å². The van der Waals surface area contributed by atoms with Crippen molar-refractivity contribution in [2.75, 3.05) is 0 Å². The van der Waals surface area contributed by atoms with E-state index in [0.29, 0.717) is 5.92 Å². The molecule has 11 heavy (non-hydrogen) atoms. The Bertz CT molecular complexity index is 184. The molecular formula is C9H13ClO. The van der Waals surface area contributed by atoms with Crippen LogP contribution in [0, 0.1) is 5.92 Å². The zero-order valence-electron chi connectivity index (χ0n) is 6.77. The molecule has 1 aliphatic carbocycles. The predicted octanol–water partition coefficient (Wildman–Crippen LogP) is 2.89. The number of rotatable bonds is 2. The van der Waals surface area contributed by atoms with E-state index in [1.54, 1.807) is 0 Å². The third kappa shape index (κ3) is 2.06. The third-order valence-electron chi connectivity index (χ3n) is 2.35. The Morgan fingerprint density at radius 3 is 3.00 bits per heavy atom. The van der Waals surface area contributed by atoms with E-state index in [1.807, 2.05) is 0 Å². The van der Waals surface area contributed by atoms with Crippen LogP contribution >= 0.6 is 11.6 Å². The minimum atomic E-state index is 0.678. The van der Waals surface area contributed by atoms with Crippen molar-refractivity contribution >= 4 is 17.9 Å². The zero-order chi connectivity index (χ0) is 8.27. The minimum Gasteiger partial charge on any atom is -0.298 e. The van der Waals surface area contributed by atoms with Gasteiger partial charge in [-0.05, 0) is 25.2 Å². The largest absolute Gasteiger partial charge is 0.298 e. The molecule has 0 heterocycles. The van der Waals surface area contributed by atoms with Crippen LogP contribution in [0.2, 0.25) is 0 Å². The monoisotopic (exact) mass is 172 g/mol. The highest BCUT2D eigenvalue weighted by molar-refractivity contribution is 6.31. The van der Waals surface area contributed by atoms with E-state index in [1.165, 1.54) is 0 Å². The van der Waals surface area contributed by atoms with Crippen molar-refractivity contribution < 1.29 is 4.79 Å². The van der Waals surface area contributed by atoms with Gasteiger partial charge in [-0.3, -0.25) is 4.79 Å². The highest BCUT2D eigenvalue weighted by atomic mass is 35.5. The van der Waals surface area contributed by atoms with Gasteiger partial charge in [-0.25, -0.2) is 0 Å². The molecule has 1 atom stereocenters. The van der Waals surface area contributed by atoms with Crippen molar-refractivity contribution in [2.24, 2.45) is 5.92 Å². The molecule has 0 bridgehead atoms. The Morgan fingerprint density at radius 2 is 2.45 bits per heavy atom. The van der Waals surface area contributed by atoms with Gasteiger partial charge in [0.05, 0.1) is 0 Å². The average Bonchev–Trinajstić information content (AvgIpc) is 2.05. The van der Waals surface area contributed by atoms with E-state index in [2.05, 4.69) is 6.92 Å². The van der Waals surface area contributed by atoms with E-state index < -0.39 is 0 Å². The molecule has 0 aliphatic heterocycles. The summed E-state index contributed by atoms with van der Waals surface area (Å²) in [5, 5.41) is 0.782. The average molecular weight is 173 g/mol. The van der Waals surface area contributed by atoms with Crippen LogP contribution in [0.5, 0.6) is 0 Å². The fraction of sp³-hybridized carbons (Fsp3) is 0.667. The van der Waals surface area contributed by atoms with Gasteiger partial charge in [0.2, 0.25) is 0 Å². The summed E-state index contributed by atoms with van der Waals surface area (Å²) in [6, 6.07) is 0. The Hall–Kier alpha value is -0.300. The normalized spacial score (nSPS) is 25.5. The van der Waals surface area contributed by atoms with Gasteiger partial charge in [0.15, 0.2) is 0 Å². The quantitative estimate of drug-likeness (QED) is 0.586.